The lowest BCUT2D eigenvalue weighted by atomic mass is 10.1. The van der Waals surface area contributed by atoms with E-state index in [9.17, 15) is 13.2 Å². The van der Waals surface area contributed by atoms with Gasteiger partial charge in [0.15, 0.2) is 6.10 Å². The van der Waals surface area contributed by atoms with Crippen molar-refractivity contribution in [1.29, 1.82) is 0 Å². The molecule has 0 unspecified atom stereocenters. The molecule has 0 bridgehead atoms. The second-order valence-electron chi connectivity index (χ2n) is 2.80. The van der Waals surface area contributed by atoms with E-state index in [4.69, 9.17) is 21.4 Å². The lowest BCUT2D eigenvalue weighted by Gasteiger charge is -2.18. The minimum Gasteiger partial charge on any atom is -0.496 e. The number of aliphatic hydroxyl groups is 1. The van der Waals surface area contributed by atoms with Crippen LogP contribution < -0.4 is 4.74 Å². The number of rotatable bonds is 2. The van der Waals surface area contributed by atoms with Gasteiger partial charge in [-0.25, -0.2) is 0 Å². The predicted octanol–water partition coefficient (Wildman–Crippen LogP) is 2.94. The molecule has 0 aliphatic heterocycles. The maximum atomic E-state index is 12.3. The molecule has 0 aliphatic rings. The normalized spacial score (nSPS) is 13.7. The van der Waals surface area contributed by atoms with E-state index < -0.39 is 17.8 Å². The highest BCUT2D eigenvalue weighted by atomic mass is 35.5. The Hall–Kier alpha value is -0.940. The van der Waals surface area contributed by atoms with E-state index in [1.165, 1.54) is 25.3 Å². The minimum atomic E-state index is -4.77. The molecule has 1 atom stereocenters. The topological polar surface area (TPSA) is 29.5 Å². The number of halogens is 4. The third-order valence-corrected chi connectivity index (χ3v) is 2.15. The van der Waals surface area contributed by atoms with Crippen molar-refractivity contribution in [2.75, 3.05) is 7.11 Å². The van der Waals surface area contributed by atoms with Crippen molar-refractivity contribution < 1.29 is 23.0 Å². The van der Waals surface area contributed by atoms with Crippen LogP contribution in [0.4, 0.5) is 13.2 Å². The summed E-state index contributed by atoms with van der Waals surface area (Å²) in [6.07, 6.45) is -7.40. The van der Waals surface area contributed by atoms with E-state index >= 15 is 0 Å². The Kier molecular flexibility index (Phi) is 3.46. The number of ether oxygens (including phenoxy) is 1. The van der Waals surface area contributed by atoms with Crippen molar-refractivity contribution in [2.24, 2.45) is 0 Å². The van der Waals surface area contributed by atoms with Crippen LogP contribution in [-0.4, -0.2) is 18.4 Å². The van der Waals surface area contributed by atoms with Gasteiger partial charge in [0.25, 0.3) is 0 Å². The molecule has 1 aromatic rings. The summed E-state index contributed by atoms with van der Waals surface area (Å²) in [5, 5.41) is 8.88. The SMILES string of the molecule is COc1cccc(Cl)c1[C@H](O)C(F)(F)F. The van der Waals surface area contributed by atoms with Gasteiger partial charge in [0, 0.05) is 0 Å². The Bertz CT molecular complexity index is 352. The van der Waals surface area contributed by atoms with Crippen molar-refractivity contribution >= 4 is 11.6 Å². The maximum absolute atomic E-state index is 12.3. The van der Waals surface area contributed by atoms with Crippen molar-refractivity contribution in [3.05, 3.63) is 28.8 Å². The molecular formula is C9H8ClF3O2. The van der Waals surface area contributed by atoms with Crippen LogP contribution in [0.15, 0.2) is 18.2 Å². The number of benzene rings is 1. The van der Waals surface area contributed by atoms with Gasteiger partial charge in [-0.1, -0.05) is 17.7 Å². The zero-order chi connectivity index (χ0) is 11.6. The van der Waals surface area contributed by atoms with Gasteiger partial charge in [-0.15, -0.1) is 0 Å². The summed E-state index contributed by atoms with van der Waals surface area (Å²) in [4.78, 5) is 0. The van der Waals surface area contributed by atoms with E-state index in [2.05, 4.69) is 0 Å². The van der Waals surface area contributed by atoms with E-state index in [1.54, 1.807) is 0 Å². The number of hydrogen-bond acceptors (Lipinski definition) is 2. The Morgan fingerprint density at radius 3 is 2.47 bits per heavy atom. The average molecular weight is 241 g/mol. The van der Waals surface area contributed by atoms with Crippen molar-refractivity contribution in [3.63, 3.8) is 0 Å². The first-order chi connectivity index (χ1) is 6.88. The largest absolute Gasteiger partial charge is 0.496 e. The first-order valence-corrected chi connectivity index (χ1v) is 4.33. The summed E-state index contributed by atoms with van der Waals surface area (Å²) in [7, 11) is 1.21. The molecule has 1 N–H and O–H groups in total. The average Bonchev–Trinajstić information content (AvgIpc) is 2.15. The summed E-state index contributed by atoms with van der Waals surface area (Å²) in [5.41, 5.74) is -0.464. The number of aliphatic hydroxyl groups excluding tert-OH is 1. The predicted molar refractivity (Wildman–Crippen MR) is 49.0 cm³/mol. The van der Waals surface area contributed by atoms with Crippen molar-refractivity contribution in [2.45, 2.75) is 12.3 Å². The number of alkyl halides is 3. The summed E-state index contributed by atoms with van der Waals surface area (Å²) >= 11 is 5.57. The molecule has 0 fully saturated rings. The Morgan fingerprint density at radius 1 is 1.40 bits per heavy atom. The number of methoxy groups -OCH3 is 1. The third kappa shape index (κ3) is 2.54. The van der Waals surface area contributed by atoms with Gasteiger partial charge >= 0.3 is 6.18 Å². The molecule has 6 heteroatoms. The van der Waals surface area contributed by atoms with Crippen LogP contribution in [0.3, 0.4) is 0 Å². The fourth-order valence-electron chi connectivity index (χ4n) is 1.12. The van der Waals surface area contributed by atoms with Crippen molar-refractivity contribution in [1.82, 2.24) is 0 Å². The van der Waals surface area contributed by atoms with Gasteiger partial charge in [0.1, 0.15) is 5.75 Å². The Labute approximate surface area is 89.2 Å². The highest BCUT2D eigenvalue weighted by Crippen LogP contribution is 2.40. The lowest BCUT2D eigenvalue weighted by molar-refractivity contribution is -0.207. The first-order valence-electron chi connectivity index (χ1n) is 3.95. The van der Waals surface area contributed by atoms with Crippen LogP contribution in [0.2, 0.25) is 5.02 Å². The molecule has 1 aromatic carbocycles. The molecule has 2 nitrogen and oxygen atoms in total. The smallest absolute Gasteiger partial charge is 0.418 e. The maximum Gasteiger partial charge on any atom is 0.418 e. The van der Waals surface area contributed by atoms with Crippen LogP contribution in [0.5, 0.6) is 5.75 Å². The monoisotopic (exact) mass is 240 g/mol. The lowest BCUT2D eigenvalue weighted by Crippen LogP contribution is -2.21. The summed E-state index contributed by atoms with van der Waals surface area (Å²) < 4.78 is 41.5. The molecule has 0 aromatic heterocycles. The fourth-order valence-corrected chi connectivity index (χ4v) is 1.39. The van der Waals surface area contributed by atoms with Gasteiger partial charge in [0.2, 0.25) is 0 Å². The molecule has 0 saturated carbocycles. The van der Waals surface area contributed by atoms with Crippen LogP contribution in [0.25, 0.3) is 0 Å². The van der Waals surface area contributed by atoms with Crippen LogP contribution in [-0.2, 0) is 0 Å². The molecule has 0 spiro atoms. The highest BCUT2D eigenvalue weighted by Gasteiger charge is 2.42. The van der Waals surface area contributed by atoms with E-state index in [0.29, 0.717) is 0 Å². The molecule has 0 aliphatic carbocycles. The van der Waals surface area contributed by atoms with Gasteiger partial charge in [-0.3, -0.25) is 0 Å². The quantitative estimate of drug-likeness (QED) is 0.861. The molecule has 0 amide bonds. The second-order valence-corrected chi connectivity index (χ2v) is 3.21. The summed E-state index contributed by atoms with van der Waals surface area (Å²) in [5.74, 6) is -0.0904. The molecule has 1 rings (SSSR count). The zero-order valence-corrected chi connectivity index (χ0v) is 8.43. The van der Waals surface area contributed by atoms with Gasteiger partial charge in [0.05, 0.1) is 17.7 Å². The third-order valence-electron chi connectivity index (χ3n) is 1.82. The number of hydrogen-bond donors (Lipinski definition) is 1. The molecule has 84 valence electrons. The van der Waals surface area contributed by atoms with Gasteiger partial charge in [-0.05, 0) is 12.1 Å². The van der Waals surface area contributed by atoms with E-state index in [1.807, 2.05) is 0 Å². The van der Waals surface area contributed by atoms with Crippen LogP contribution in [0, 0.1) is 0 Å². The first kappa shape index (κ1) is 12.1. The van der Waals surface area contributed by atoms with Gasteiger partial charge < -0.3 is 9.84 Å². The van der Waals surface area contributed by atoms with Crippen LogP contribution >= 0.6 is 11.6 Å². The standard InChI is InChI=1S/C9H8ClF3O2/c1-15-6-4-2-3-5(10)7(6)8(14)9(11,12)13/h2-4,8,14H,1H3/t8-/m0/s1. The van der Waals surface area contributed by atoms with Gasteiger partial charge in [-0.2, -0.15) is 13.2 Å². The second kappa shape index (κ2) is 4.28. The molecular weight excluding hydrogens is 233 g/mol. The minimum absolute atomic E-state index is 0.0904. The molecule has 0 radical (unpaired) electrons. The molecule has 15 heavy (non-hydrogen) atoms. The van der Waals surface area contributed by atoms with E-state index in [-0.39, 0.29) is 10.8 Å². The highest BCUT2D eigenvalue weighted by molar-refractivity contribution is 6.31. The van der Waals surface area contributed by atoms with E-state index in [0.717, 1.165) is 0 Å². The molecule has 0 saturated heterocycles. The Morgan fingerprint density at radius 2 is 2.00 bits per heavy atom. The zero-order valence-electron chi connectivity index (χ0n) is 7.68. The summed E-state index contributed by atoms with van der Waals surface area (Å²) in [6.45, 7) is 0. The molecule has 0 heterocycles. The fraction of sp³-hybridized carbons (Fsp3) is 0.333. The Balaban J connectivity index is 3.23. The van der Waals surface area contributed by atoms with Crippen molar-refractivity contribution in [3.8, 4) is 5.75 Å². The summed E-state index contributed by atoms with van der Waals surface area (Å²) in [6, 6.07) is 4.00. The van der Waals surface area contributed by atoms with Crippen LogP contribution in [0.1, 0.15) is 11.7 Å².